The molecular formula is C20H18N6. The fraction of sp³-hybridized carbons (Fsp3) is 0.150. The molecule has 0 saturated heterocycles. The molecule has 4 rings (SSSR count). The van der Waals surface area contributed by atoms with Gasteiger partial charge in [0.2, 0.25) is 0 Å². The Balaban J connectivity index is 1.66. The molecule has 1 N–H and O–H groups in total. The number of aromatic nitrogens is 5. The maximum Gasteiger partial charge on any atom is 0.164 e. The molecule has 0 aliphatic rings. The van der Waals surface area contributed by atoms with Crippen molar-refractivity contribution in [3.8, 4) is 11.3 Å². The van der Waals surface area contributed by atoms with Crippen molar-refractivity contribution in [2.75, 3.05) is 5.32 Å². The second kappa shape index (κ2) is 6.84. The highest BCUT2D eigenvalue weighted by Crippen LogP contribution is 2.24. The third-order valence-corrected chi connectivity index (χ3v) is 4.13. The topological polar surface area (TPSA) is 76.5 Å². The van der Waals surface area contributed by atoms with Crippen molar-refractivity contribution in [1.29, 1.82) is 0 Å². The van der Waals surface area contributed by atoms with Crippen LogP contribution in [0.15, 0.2) is 55.2 Å². The zero-order chi connectivity index (χ0) is 17.9. The molecule has 0 aliphatic carbocycles. The van der Waals surface area contributed by atoms with Gasteiger partial charge in [-0.25, -0.2) is 15.0 Å². The van der Waals surface area contributed by atoms with E-state index in [9.17, 15) is 0 Å². The first kappa shape index (κ1) is 16.1. The van der Waals surface area contributed by atoms with Gasteiger partial charge in [-0.15, -0.1) is 0 Å². The van der Waals surface area contributed by atoms with Crippen LogP contribution in [-0.4, -0.2) is 24.9 Å². The summed E-state index contributed by atoms with van der Waals surface area (Å²) < 4.78 is 0. The molecule has 0 aliphatic heterocycles. The summed E-state index contributed by atoms with van der Waals surface area (Å²) in [7, 11) is 0. The predicted octanol–water partition coefficient (Wildman–Crippen LogP) is 3.71. The predicted molar refractivity (Wildman–Crippen MR) is 102 cm³/mol. The van der Waals surface area contributed by atoms with E-state index in [2.05, 4.69) is 36.3 Å². The molecule has 0 bridgehead atoms. The Morgan fingerprint density at radius 2 is 1.77 bits per heavy atom. The fourth-order valence-electron chi connectivity index (χ4n) is 2.65. The minimum atomic E-state index is 0.631. The van der Waals surface area contributed by atoms with Crippen molar-refractivity contribution in [3.05, 3.63) is 72.1 Å². The molecule has 128 valence electrons. The molecular weight excluding hydrogens is 324 g/mol. The van der Waals surface area contributed by atoms with Crippen LogP contribution in [0, 0.1) is 13.8 Å². The fourth-order valence-corrected chi connectivity index (χ4v) is 2.65. The molecule has 0 fully saturated rings. The zero-order valence-electron chi connectivity index (χ0n) is 14.6. The summed E-state index contributed by atoms with van der Waals surface area (Å²) >= 11 is 0. The number of nitrogens with zero attached hydrogens (tertiary/aromatic N) is 5. The second-order valence-corrected chi connectivity index (χ2v) is 6.20. The Hall–Kier alpha value is -3.41. The van der Waals surface area contributed by atoms with E-state index in [0.29, 0.717) is 12.2 Å². The first-order valence-corrected chi connectivity index (χ1v) is 8.38. The van der Waals surface area contributed by atoms with E-state index in [0.717, 1.165) is 39.3 Å². The van der Waals surface area contributed by atoms with Crippen LogP contribution < -0.4 is 5.32 Å². The molecule has 6 heteroatoms. The van der Waals surface area contributed by atoms with E-state index < -0.39 is 0 Å². The Morgan fingerprint density at radius 1 is 0.846 bits per heavy atom. The molecule has 4 aromatic heterocycles. The largest absolute Gasteiger partial charge is 0.365 e. The summed E-state index contributed by atoms with van der Waals surface area (Å²) in [6.45, 7) is 4.62. The molecule has 26 heavy (non-hydrogen) atoms. The number of anilines is 1. The van der Waals surface area contributed by atoms with E-state index in [1.807, 2.05) is 50.5 Å². The van der Waals surface area contributed by atoms with Crippen molar-refractivity contribution in [1.82, 2.24) is 24.9 Å². The Morgan fingerprint density at radius 3 is 2.54 bits per heavy atom. The lowest BCUT2D eigenvalue weighted by molar-refractivity contribution is 1.06. The van der Waals surface area contributed by atoms with Gasteiger partial charge in [0.15, 0.2) is 5.65 Å². The standard InChI is InChI=1S/C20H18N6/c1-13-3-6-18(22-8-13)16-7-17-19(25-12-26-20(17)24-11-16)23-10-15-5-4-14(2)21-9-15/h3-9,11-12H,10H2,1-2H3,(H,23,24,25,26). The van der Waals surface area contributed by atoms with Gasteiger partial charge in [-0.05, 0) is 43.2 Å². The van der Waals surface area contributed by atoms with Crippen LogP contribution in [0.25, 0.3) is 22.3 Å². The summed E-state index contributed by atoms with van der Waals surface area (Å²) in [5, 5.41) is 4.23. The zero-order valence-corrected chi connectivity index (χ0v) is 14.6. The van der Waals surface area contributed by atoms with Crippen LogP contribution in [0.1, 0.15) is 16.8 Å². The van der Waals surface area contributed by atoms with Crippen LogP contribution in [0.2, 0.25) is 0 Å². The highest BCUT2D eigenvalue weighted by molar-refractivity contribution is 5.89. The Kier molecular flexibility index (Phi) is 4.23. The van der Waals surface area contributed by atoms with E-state index in [-0.39, 0.29) is 0 Å². The minimum Gasteiger partial charge on any atom is -0.365 e. The maximum absolute atomic E-state index is 4.48. The van der Waals surface area contributed by atoms with Gasteiger partial charge in [0.25, 0.3) is 0 Å². The molecule has 0 radical (unpaired) electrons. The van der Waals surface area contributed by atoms with Gasteiger partial charge in [-0.1, -0.05) is 12.1 Å². The van der Waals surface area contributed by atoms with Crippen molar-refractivity contribution >= 4 is 16.9 Å². The number of fused-ring (bicyclic) bond motifs is 1. The van der Waals surface area contributed by atoms with Gasteiger partial charge in [0, 0.05) is 36.4 Å². The van der Waals surface area contributed by atoms with Crippen molar-refractivity contribution in [2.45, 2.75) is 20.4 Å². The van der Waals surface area contributed by atoms with Gasteiger partial charge in [0.1, 0.15) is 12.1 Å². The first-order chi connectivity index (χ1) is 12.7. The van der Waals surface area contributed by atoms with E-state index >= 15 is 0 Å². The summed E-state index contributed by atoms with van der Waals surface area (Å²) in [5.41, 5.74) is 5.68. The summed E-state index contributed by atoms with van der Waals surface area (Å²) in [6, 6.07) is 10.1. The van der Waals surface area contributed by atoms with Crippen LogP contribution in [0.5, 0.6) is 0 Å². The highest BCUT2D eigenvalue weighted by atomic mass is 15.0. The summed E-state index contributed by atoms with van der Waals surface area (Å²) in [4.78, 5) is 21.9. The number of hydrogen-bond donors (Lipinski definition) is 1. The average Bonchev–Trinajstić information content (AvgIpc) is 2.68. The lowest BCUT2D eigenvalue weighted by Crippen LogP contribution is -2.03. The van der Waals surface area contributed by atoms with Gasteiger partial charge in [0.05, 0.1) is 11.1 Å². The number of rotatable bonds is 4. The lowest BCUT2D eigenvalue weighted by atomic mass is 10.1. The molecule has 6 nitrogen and oxygen atoms in total. The van der Waals surface area contributed by atoms with Crippen molar-refractivity contribution in [2.24, 2.45) is 0 Å². The van der Waals surface area contributed by atoms with Crippen LogP contribution >= 0.6 is 0 Å². The van der Waals surface area contributed by atoms with Gasteiger partial charge < -0.3 is 5.32 Å². The molecule has 0 atom stereocenters. The molecule has 0 saturated carbocycles. The van der Waals surface area contributed by atoms with Crippen LogP contribution in [0.3, 0.4) is 0 Å². The average molecular weight is 342 g/mol. The molecule has 0 aromatic carbocycles. The molecule has 0 amide bonds. The second-order valence-electron chi connectivity index (χ2n) is 6.20. The van der Waals surface area contributed by atoms with Gasteiger partial charge in [-0.3, -0.25) is 9.97 Å². The van der Waals surface area contributed by atoms with E-state index in [4.69, 9.17) is 0 Å². The quantitative estimate of drug-likeness (QED) is 0.609. The Bertz CT molecular complexity index is 1040. The minimum absolute atomic E-state index is 0.631. The van der Waals surface area contributed by atoms with E-state index in [1.54, 1.807) is 6.20 Å². The first-order valence-electron chi connectivity index (χ1n) is 8.38. The Labute approximate surface area is 151 Å². The number of hydrogen-bond acceptors (Lipinski definition) is 6. The number of aryl methyl sites for hydroxylation is 2. The molecule has 0 spiro atoms. The molecule has 4 heterocycles. The van der Waals surface area contributed by atoms with Crippen LogP contribution in [-0.2, 0) is 6.54 Å². The lowest BCUT2D eigenvalue weighted by Gasteiger charge is -2.09. The highest BCUT2D eigenvalue weighted by Gasteiger charge is 2.08. The van der Waals surface area contributed by atoms with Crippen molar-refractivity contribution in [3.63, 3.8) is 0 Å². The van der Waals surface area contributed by atoms with Crippen molar-refractivity contribution < 1.29 is 0 Å². The smallest absolute Gasteiger partial charge is 0.164 e. The SMILES string of the molecule is Cc1ccc(-c2cnc3ncnc(NCc4ccc(C)nc4)c3c2)nc1. The molecule has 0 unspecified atom stereocenters. The van der Waals surface area contributed by atoms with Gasteiger partial charge >= 0.3 is 0 Å². The summed E-state index contributed by atoms with van der Waals surface area (Å²) in [6.07, 6.45) is 7.03. The summed E-state index contributed by atoms with van der Waals surface area (Å²) in [5.74, 6) is 0.747. The monoisotopic (exact) mass is 342 g/mol. The normalized spacial score (nSPS) is 10.8. The van der Waals surface area contributed by atoms with E-state index in [1.165, 1.54) is 6.33 Å². The third kappa shape index (κ3) is 3.35. The number of pyridine rings is 3. The molecule has 4 aromatic rings. The number of nitrogens with one attached hydrogen (secondary N) is 1. The maximum atomic E-state index is 4.48. The van der Waals surface area contributed by atoms with Crippen LogP contribution in [0.4, 0.5) is 5.82 Å². The third-order valence-electron chi connectivity index (χ3n) is 4.13. The van der Waals surface area contributed by atoms with Gasteiger partial charge in [-0.2, -0.15) is 0 Å².